The lowest BCUT2D eigenvalue weighted by molar-refractivity contribution is 0.273. The van der Waals surface area contributed by atoms with E-state index in [-0.39, 0.29) is 17.4 Å². The molecule has 1 atom stereocenters. The van der Waals surface area contributed by atoms with E-state index in [0.29, 0.717) is 5.52 Å². The van der Waals surface area contributed by atoms with Gasteiger partial charge in [-0.3, -0.25) is 0 Å². The van der Waals surface area contributed by atoms with E-state index in [9.17, 15) is 13.5 Å². The van der Waals surface area contributed by atoms with Gasteiger partial charge in [-0.05, 0) is 23.8 Å². The number of benzene rings is 2. The molecule has 5 heteroatoms. The van der Waals surface area contributed by atoms with E-state index in [4.69, 9.17) is 0 Å². The van der Waals surface area contributed by atoms with Crippen molar-refractivity contribution in [1.29, 1.82) is 0 Å². The number of nitrogens with zero attached hydrogens (tertiary/aromatic N) is 1. The molecule has 0 aliphatic rings. The molecular weight excluding hydrogens is 298 g/mol. The van der Waals surface area contributed by atoms with Crippen LogP contribution in [0.4, 0.5) is 0 Å². The summed E-state index contributed by atoms with van der Waals surface area (Å²) in [5.74, 6) is -0.128. The van der Waals surface area contributed by atoms with Crippen molar-refractivity contribution in [1.82, 2.24) is 3.97 Å². The van der Waals surface area contributed by atoms with Gasteiger partial charge in [0.1, 0.15) is 0 Å². The Bertz CT molecular complexity index is 898. The molecule has 0 saturated heterocycles. The van der Waals surface area contributed by atoms with Crippen molar-refractivity contribution >= 4 is 20.9 Å². The fourth-order valence-corrected chi connectivity index (χ4v) is 3.97. The van der Waals surface area contributed by atoms with E-state index in [0.717, 1.165) is 10.9 Å². The lowest BCUT2D eigenvalue weighted by Gasteiger charge is -2.07. The maximum absolute atomic E-state index is 12.9. The molecule has 22 heavy (non-hydrogen) atoms. The second-order valence-corrected chi connectivity index (χ2v) is 7.11. The average Bonchev–Trinajstić information content (AvgIpc) is 2.95. The number of aliphatic hydroxyl groups is 1. The van der Waals surface area contributed by atoms with Crippen LogP contribution in [0.25, 0.3) is 10.9 Å². The highest BCUT2D eigenvalue weighted by atomic mass is 32.2. The van der Waals surface area contributed by atoms with Crippen LogP contribution in [0.5, 0.6) is 0 Å². The molecule has 0 aliphatic heterocycles. The fraction of sp³-hybridized carbons (Fsp3) is 0.176. The molecule has 114 valence electrons. The van der Waals surface area contributed by atoms with Gasteiger partial charge in [0.15, 0.2) is 0 Å². The Balaban J connectivity index is 2.28. The Morgan fingerprint density at radius 1 is 1.05 bits per heavy atom. The molecule has 1 aromatic heterocycles. The molecule has 4 nitrogen and oxygen atoms in total. The number of aliphatic hydroxyl groups excluding tert-OH is 1. The summed E-state index contributed by atoms with van der Waals surface area (Å²) in [6, 6.07) is 15.7. The largest absolute Gasteiger partial charge is 0.396 e. The number of rotatable bonds is 4. The third-order valence-electron chi connectivity index (χ3n) is 3.81. The molecule has 0 fully saturated rings. The molecule has 1 heterocycles. The molecule has 0 saturated carbocycles. The predicted molar refractivity (Wildman–Crippen MR) is 86.5 cm³/mol. The minimum Gasteiger partial charge on any atom is -0.396 e. The van der Waals surface area contributed by atoms with Crippen LogP contribution < -0.4 is 0 Å². The first kappa shape index (κ1) is 14.8. The number of hydrogen-bond acceptors (Lipinski definition) is 3. The average molecular weight is 315 g/mol. The van der Waals surface area contributed by atoms with Crippen LogP contribution >= 0.6 is 0 Å². The Kier molecular flexibility index (Phi) is 3.76. The highest BCUT2D eigenvalue weighted by Crippen LogP contribution is 2.30. The smallest absolute Gasteiger partial charge is 0.268 e. The van der Waals surface area contributed by atoms with Crippen LogP contribution in [0.15, 0.2) is 65.7 Å². The molecule has 3 rings (SSSR count). The second-order valence-electron chi connectivity index (χ2n) is 5.30. The van der Waals surface area contributed by atoms with E-state index in [1.165, 1.54) is 3.97 Å². The van der Waals surface area contributed by atoms with Gasteiger partial charge in [0, 0.05) is 24.1 Å². The van der Waals surface area contributed by atoms with Crippen LogP contribution in [-0.2, 0) is 10.0 Å². The molecule has 0 radical (unpaired) electrons. The van der Waals surface area contributed by atoms with Gasteiger partial charge in [-0.25, -0.2) is 12.4 Å². The van der Waals surface area contributed by atoms with Crippen LogP contribution in [0.3, 0.4) is 0 Å². The summed E-state index contributed by atoms with van der Waals surface area (Å²) in [7, 11) is -3.65. The summed E-state index contributed by atoms with van der Waals surface area (Å²) in [5.41, 5.74) is 1.46. The van der Waals surface area contributed by atoms with Crippen molar-refractivity contribution in [2.75, 3.05) is 6.61 Å². The Morgan fingerprint density at radius 2 is 1.68 bits per heavy atom. The van der Waals surface area contributed by atoms with Crippen LogP contribution in [0.1, 0.15) is 18.4 Å². The van der Waals surface area contributed by atoms with E-state index in [2.05, 4.69) is 0 Å². The van der Waals surface area contributed by atoms with Crippen molar-refractivity contribution in [3.8, 4) is 0 Å². The Labute approximate surface area is 129 Å². The first-order chi connectivity index (χ1) is 10.6. The first-order valence-corrected chi connectivity index (χ1v) is 8.51. The Hall–Kier alpha value is -2.11. The Morgan fingerprint density at radius 3 is 2.36 bits per heavy atom. The minimum absolute atomic E-state index is 0.0284. The molecular formula is C17H17NO3S. The zero-order valence-electron chi connectivity index (χ0n) is 12.2. The normalized spacial score (nSPS) is 13.4. The van der Waals surface area contributed by atoms with Crippen molar-refractivity contribution in [2.24, 2.45) is 0 Å². The van der Waals surface area contributed by atoms with Gasteiger partial charge < -0.3 is 5.11 Å². The zero-order chi connectivity index (χ0) is 15.7. The summed E-state index contributed by atoms with van der Waals surface area (Å²) >= 11 is 0. The molecule has 3 aromatic rings. The maximum atomic E-state index is 12.9. The summed E-state index contributed by atoms with van der Waals surface area (Å²) in [5, 5.41) is 10.3. The quantitative estimate of drug-likeness (QED) is 0.805. The highest BCUT2D eigenvalue weighted by molar-refractivity contribution is 7.90. The molecule has 0 bridgehead atoms. The van der Waals surface area contributed by atoms with Gasteiger partial charge in [0.25, 0.3) is 10.0 Å². The third-order valence-corrected chi connectivity index (χ3v) is 5.50. The van der Waals surface area contributed by atoms with E-state index in [1.807, 2.05) is 25.1 Å². The number of para-hydroxylation sites is 1. The van der Waals surface area contributed by atoms with Crippen molar-refractivity contribution in [2.45, 2.75) is 17.7 Å². The minimum atomic E-state index is -3.65. The van der Waals surface area contributed by atoms with Crippen LogP contribution in [0.2, 0.25) is 0 Å². The van der Waals surface area contributed by atoms with Gasteiger partial charge in [-0.2, -0.15) is 0 Å². The van der Waals surface area contributed by atoms with Gasteiger partial charge in [-0.15, -0.1) is 0 Å². The molecule has 1 N–H and O–H groups in total. The second kappa shape index (κ2) is 5.59. The highest BCUT2D eigenvalue weighted by Gasteiger charge is 2.22. The van der Waals surface area contributed by atoms with Crippen LogP contribution in [0, 0.1) is 0 Å². The van der Waals surface area contributed by atoms with Crippen LogP contribution in [-0.4, -0.2) is 24.1 Å². The lowest BCUT2D eigenvalue weighted by Crippen LogP contribution is -2.11. The zero-order valence-corrected chi connectivity index (χ0v) is 13.0. The standard InChI is InChI=1S/C17H17NO3S/c1-13(12-19)16-11-18(17-10-6-5-9-15(16)17)22(20,21)14-7-3-2-4-8-14/h2-11,13,19H,12H2,1H3/t13-/m1/s1. The summed E-state index contributed by atoms with van der Waals surface area (Å²) in [6.45, 7) is 1.85. The SMILES string of the molecule is C[C@H](CO)c1cn(S(=O)(=O)c2ccccc2)c2ccccc12. The van der Waals surface area contributed by atoms with Gasteiger partial charge in [-0.1, -0.05) is 43.3 Å². The van der Waals surface area contributed by atoms with Crippen molar-refractivity contribution < 1.29 is 13.5 Å². The number of aromatic nitrogens is 1. The third kappa shape index (κ3) is 2.32. The first-order valence-electron chi connectivity index (χ1n) is 7.07. The fourth-order valence-electron chi connectivity index (χ4n) is 2.57. The molecule has 0 amide bonds. The number of fused-ring (bicyclic) bond motifs is 1. The van der Waals surface area contributed by atoms with Gasteiger partial charge in [0.05, 0.1) is 10.4 Å². The maximum Gasteiger partial charge on any atom is 0.268 e. The molecule has 2 aromatic carbocycles. The number of hydrogen-bond donors (Lipinski definition) is 1. The van der Waals surface area contributed by atoms with Crippen molar-refractivity contribution in [3.63, 3.8) is 0 Å². The van der Waals surface area contributed by atoms with Crippen molar-refractivity contribution in [3.05, 3.63) is 66.4 Å². The lowest BCUT2D eigenvalue weighted by atomic mass is 10.0. The predicted octanol–water partition coefficient (Wildman–Crippen LogP) is 2.97. The molecule has 0 aliphatic carbocycles. The molecule has 0 unspecified atom stereocenters. The summed E-state index contributed by atoms with van der Waals surface area (Å²) in [6.07, 6.45) is 1.62. The topological polar surface area (TPSA) is 59.3 Å². The van der Waals surface area contributed by atoms with E-state index >= 15 is 0 Å². The summed E-state index contributed by atoms with van der Waals surface area (Å²) in [4.78, 5) is 0.249. The molecule has 0 spiro atoms. The van der Waals surface area contributed by atoms with Gasteiger partial charge in [0.2, 0.25) is 0 Å². The van der Waals surface area contributed by atoms with E-state index < -0.39 is 10.0 Å². The summed E-state index contributed by atoms with van der Waals surface area (Å²) < 4.78 is 27.0. The monoisotopic (exact) mass is 315 g/mol. The van der Waals surface area contributed by atoms with E-state index in [1.54, 1.807) is 42.6 Å². The van der Waals surface area contributed by atoms with Gasteiger partial charge >= 0.3 is 0 Å².